The maximum absolute atomic E-state index is 11.8. The molecule has 1 fully saturated rings. The molecule has 15 heavy (non-hydrogen) atoms. The Morgan fingerprint density at radius 3 is 3.20 bits per heavy atom. The van der Waals surface area contributed by atoms with Gasteiger partial charge in [-0.15, -0.1) is 0 Å². The summed E-state index contributed by atoms with van der Waals surface area (Å²) in [5.74, 6) is 0.229. The molecule has 2 heterocycles. The van der Waals surface area contributed by atoms with E-state index in [4.69, 9.17) is 0 Å². The molecule has 3 rings (SSSR count). The highest BCUT2D eigenvalue weighted by molar-refractivity contribution is 5.85. The van der Waals surface area contributed by atoms with Crippen LogP contribution < -0.4 is 10.6 Å². The lowest BCUT2D eigenvalue weighted by Crippen LogP contribution is -2.50. The molecule has 2 atom stereocenters. The molecule has 78 valence electrons. The van der Waals surface area contributed by atoms with Crippen molar-refractivity contribution in [1.82, 2.24) is 10.6 Å². The average molecular weight is 202 g/mol. The van der Waals surface area contributed by atoms with Crippen LogP contribution in [-0.4, -0.2) is 25.0 Å². The van der Waals surface area contributed by atoms with Gasteiger partial charge in [-0.05, 0) is 24.1 Å². The molecule has 0 radical (unpaired) electrons. The molecular weight excluding hydrogens is 188 g/mol. The molecule has 0 bridgehead atoms. The van der Waals surface area contributed by atoms with Crippen molar-refractivity contribution in [1.29, 1.82) is 0 Å². The van der Waals surface area contributed by atoms with Crippen LogP contribution in [0.15, 0.2) is 35.5 Å². The number of hydrogen-bond acceptors (Lipinski definition) is 2. The van der Waals surface area contributed by atoms with Crippen molar-refractivity contribution in [2.45, 2.75) is 12.5 Å². The van der Waals surface area contributed by atoms with E-state index >= 15 is 0 Å². The third kappa shape index (κ3) is 1.35. The fraction of sp³-hybridized carbons (Fsp3) is 0.417. The summed E-state index contributed by atoms with van der Waals surface area (Å²) in [4.78, 5) is 11.8. The van der Waals surface area contributed by atoms with Gasteiger partial charge in [-0.3, -0.25) is 4.79 Å². The van der Waals surface area contributed by atoms with Gasteiger partial charge in [0.25, 0.3) is 0 Å². The summed E-state index contributed by atoms with van der Waals surface area (Å²) in [5, 5.41) is 6.32. The summed E-state index contributed by atoms with van der Waals surface area (Å²) in [6, 6.07) is 0.117. The van der Waals surface area contributed by atoms with Gasteiger partial charge in [0.2, 0.25) is 5.91 Å². The van der Waals surface area contributed by atoms with Gasteiger partial charge in [0, 0.05) is 6.54 Å². The predicted octanol–water partition coefficient (Wildman–Crippen LogP) is 0.517. The highest BCUT2D eigenvalue weighted by atomic mass is 16.2. The Balaban J connectivity index is 2.06. The van der Waals surface area contributed by atoms with Crippen LogP contribution in [0.2, 0.25) is 0 Å². The molecule has 0 aromatic heterocycles. The first kappa shape index (κ1) is 8.92. The zero-order chi connectivity index (χ0) is 10.3. The molecule has 2 aliphatic heterocycles. The molecule has 1 aliphatic carbocycles. The van der Waals surface area contributed by atoms with Crippen molar-refractivity contribution >= 4 is 5.91 Å². The standard InChI is InChI=1S/C12H14N2O/c15-12-10-7-13-6-5-8(10)9-3-1-2-4-11(9)14-12/h1-4,10-11,13H,5-7H2,(H,14,15). The van der Waals surface area contributed by atoms with E-state index in [1.54, 1.807) is 0 Å². The van der Waals surface area contributed by atoms with Crippen molar-refractivity contribution in [3.63, 3.8) is 0 Å². The summed E-state index contributed by atoms with van der Waals surface area (Å²) < 4.78 is 0. The van der Waals surface area contributed by atoms with Gasteiger partial charge in [0.05, 0.1) is 12.0 Å². The Labute approximate surface area is 88.9 Å². The molecule has 3 aliphatic rings. The SMILES string of the molecule is O=C1NC2C=CC=CC2=C2CCNCC12. The minimum absolute atomic E-state index is 0.0566. The third-order valence-electron chi connectivity index (χ3n) is 3.35. The van der Waals surface area contributed by atoms with E-state index in [1.165, 1.54) is 11.1 Å². The van der Waals surface area contributed by atoms with Crippen molar-refractivity contribution in [2.75, 3.05) is 13.1 Å². The van der Waals surface area contributed by atoms with E-state index in [2.05, 4.69) is 28.9 Å². The van der Waals surface area contributed by atoms with E-state index in [1.807, 2.05) is 6.08 Å². The normalized spacial score (nSPS) is 33.5. The monoisotopic (exact) mass is 202 g/mol. The Bertz CT molecular complexity index is 392. The van der Waals surface area contributed by atoms with Crippen LogP contribution in [0.4, 0.5) is 0 Å². The van der Waals surface area contributed by atoms with E-state index in [0.717, 1.165) is 19.5 Å². The van der Waals surface area contributed by atoms with Crippen LogP contribution in [0, 0.1) is 5.92 Å². The van der Waals surface area contributed by atoms with Crippen LogP contribution in [0.5, 0.6) is 0 Å². The maximum Gasteiger partial charge on any atom is 0.229 e. The highest BCUT2D eigenvalue weighted by Crippen LogP contribution is 2.30. The van der Waals surface area contributed by atoms with E-state index in [9.17, 15) is 4.79 Å². The van der Waals surface area contributed by atoms with E-state index in [0.29, 0.717) is 0 Å². The summed E-state index contributed by atoms with van der Waals surface area (Å²) >= 11 is 0. The molecule has 0 aromatic carbocycles. The van der Waals surface area contributed by atoms with E-state index < -0.39 is 0 Å². The lowest BCUT2D eigenvalue weighted by atomic mass is 9.81. The van der Waals surface area contributed by atoms with Crippen LogP contribution in [0.3, 0.4) is 0 Å². The summed E-state index contributed by atoms with van der Waals surface area (Å²) in [7, 11) is 0. The van der Waals surface area contributed by atoms with Crippen molar-refractivity contribution < 1.29 is 4.79 Å². The van der Waals surface area contributed by atoms with Crippen molar-refractivity contribution in [2.24, 2.45) is 5.92 Å². The maximum atomic E-state index is 11.8. The second-order valence-electron chi connectivity index (χ2n) is 4.22. The molecular formula is C12H14N2O. The van der Waals surface area contributed by atoms with Crippen molar-refractivity contribution in [3.8, 4) is 0 Å². The lowest BCUT2D eigenvalue weighted by Gasteiger charge is -2.36. The number of allylic oxidation sites excluding steroid dienone is 2. The molecule has 1 saturated heterocycles. The summed E-state index contributed by atoms with van der Waals surface area (Å²) in [5.41, 5.74) is 2.65. The molecule has 2 N–H and O–H groups in total. The fourth-order valence-electron chi connectivity index (χ4n) is 2.59. The topological polar surface area (TPSA) is 41.1 Å². The molecule has 3 heteroatoms. The fourth-order valence-corrected chi connectivity index (χ4v) is 2.59. The third-order valence-corrected chi connectivity index (χ3v) is 3.35. The second kappa shape index (κ2) is 3.35. The average Bonchev–Trinajstić information content (AvgIpc) is 2.30. The van der Waals surface area contributed by atoms with Gasteiger partial charge in [0.15, 0.2) is 0 Å². The molecule has 0 aromatic rings. The number of rotatable bonds is 0. The van der Waals surface area contributed by atoms with Crippen LogP contribution in [0.1, 0.15) is 6.42 Å². The zero-order valence-corrected chi connectivity index (χ0v) is 8.49. The predicted molar refractivity (Wildman–Crippen MR) is 58.2 cm³/mol. The van der Waals surface area contributed by atoms with Crippen LogP contribution in [-0.2, 0) is 4.79 Å². The van der Waals surface area contributed by atoms with Gasteiger partial charge in [-0.25, -0.2) is 0 Å². The Morgan fingerprint density at radius 2 is 2.27 bits per heavy atom. The number of nitrogens with one attached hydrogen (secondary N) is 2. The van der Waals surface area contributed by atoms with E-state index in [-0.39, 0.29) is 17.9 Å². The first-order valence-corrected chi connectivity index (χ1v) is 5.45. The Hall–Kier alpha value is -1.35. The summed E-state index contributed by atoms with van der Waals surface area (Å²) in [6.07, 6.45) is 9.24. The molecule has 0 saturated carbocycles. The van der Waals surface area contributed by atoms with Gasteiger partial charge >= 0.3 is 0 Å². The zero-order valence-electron chi connectivity index (χ0n) is 8.49. The minimum atomic E-state index is 0.0566. The largest absolute Gasteiger partial charge is 0.345 e. The van der Waals surface area contributed by atoms with Gasteiger partial charge < -0.3 is 10.6 Å². The number of carbonyl (C=O) groups is 1. The first-order chi connectivity index (χ1) is 7.36. The number of piperidine rings is 1. The molecule has 1 amide bonds. The molecule has 2 unspecified atom stereocenters. The van der Waals surface area contributed by atoms with Crippen molar-refractivity contribution in [3.05, 3.63) is 35.5 Å². The van der Waals surface area contributed by atoms with Gasteiger partial charge in [-0.2, -0.15) is 0 Å². The van der Waals surface area contributed by atoms with Gasteiger partial charge in [0.1, 0.15) is 0 Å². The van der Waals surface area contributed by atoms with Crippen LogP contribution >= 0.6 is 0 Å². The molecule has 0 spiro atoms. The minimum Gasteiger partial charge on any atom is -0.345 e. The van der Waals surface area contributed by atoms with Crippen LogP contribution in [0.25, 0.3) is 0 Å². The number of hydrogen-bond donors (Lipinski definition) is 2. The number of amides is 1. The quantitative estimate of drug-likeness (QED) is 0.601. The summed E-state index contributed by atoms with van der Waals surface area (Å²) in [6.45, 7) is 1.78. The lowest BCUT2D eigenvalue weighted by molar-refractivity contribution is -0.124. The number of fused-ring (bicyclic) bond motifs is 2. The Morgan fingerprint density at radius 1 is 1.33 bits per heavy atom. The van der Waals surface area contributed by atoms with Gasteiger partial charge in [-0.1, -0.05) is 24.3 Å². The number of carbonyl (C=O) groups excluding carboxylic acids is 1. The smallest absolute Gasteiger partial charge is 0.229 e. The second-order valence-corrected chi connectivity index (χ2v) is 4.22. The Kier molecular flexibility index (Phi) is 1.99. The highest BCUT2D eigenvalue weighted by Gasteiger charge is 2.34. The first-order valence-electron chi connectivity index (χ1n) is 5.45. The molecule has 3 nitrogen and oxygen atoms in total.